The number of hydrogen-bond donors (Lipinski definition) is 0. The smallest absolute Gasteiger partial charge is 0.188 e. The zero-order valence-corrected chi connectivity index (χ0v) is 84.1. The largest absolute Gasteiger partial charge is 0.497 e. The van der Waals surface area contributed by atoms with Crippen LogP contribution in [0.15, 0.2) is 231 Å². The number of carbonyl (C=O) groups is 6. The van der Waals surface area contributed by atoms with Crippen LogP contribution >= 0.6 is 51.5 Å². The average Bonchev–Trinajstić information content (AvgIpc) is 0.801. The second-order valence-electron chi connectivity index (χ2n) is 28.6. The Kier molecular flexibility index (Phi) is 46.1. The van der Waals surface area contributed by atoms with E-state index in [4.69, 9.17) is 75.8 Å². The average molecular weight is 1910 g/mol. The van der Waals surface area contributed by atoms with Crippen LogP contribution in [-0.4, -0.2) is 147 Å². The standard InChI is InChI=1S/C18H20FO5P.C18H21O5P.2C18H21O4P.C16H17O2P.C15H15O2P/c1-11(20)14-7-12(19)5-6-16(14)25-17-9-13(22-3)8-15(23-4)18(17)24-10-21-2;1-12(19)14-7-5-6-8-16(14)24-17-10-13(21-3)9-15(22-4)18(17)23-11-20-2;1-12-5-8-17(15(9-12)13(2)19)23-18-10-14(21-4)6-7-16(18)22-11-20-3;1-12-7-5-8-14(13(2)19)18(12)23-16-10-6-9-15(21-4)17(16)22-11-20-3;1-11-7-6-10-15(16(11)18-3)19-14-9-5-4-8-13(14)12(2)17;1-11(16)12-7-3-5-9-14(12)18-15-10-6-4-8-13(15)17-2/h5-9,25H,10H2,1-4H3;5-10,24H,11H2,1-4H3;2*5-10,23H,11H2,1-4H3;4-10,19H,1-3H3;3-10,18H,1-2H3. The van der Waals surface area contributed by atoms with Crippen LogP contribution in [0.2, 0.25) is 0 Å². The molecule has 12 aromatic rings. The molecule has 696 valence electrons. The summed E-state index contributed by atoms with van der Waals surface area (Å²) in [5, 5.41) is 11.7. The van der Waals surface area contributed by atoms with Crippen LogP contribution in [0.1, 0.15) is 120 Å². The highest BCUT2D eigenvalue weighted by molar-refractivity contribution is 7.57. The fourth-order valence-electron chi connectivity index (χ4n) is 12.9. The number of aryl methyl sites for hydroxylation is 3. The lowest BCUT2D eigenvalue weighted by atomic mass is 10.1. The molecule has 0 saturated carbocycles. The maximum Gasteiger partial charge on any atom is 0.188 e. The van der Waals surface area contributed by atoms with Gasteiger partial charge in [-0.15, -0.1) is 0 Å². The van der Waals surface area contributed by atoms with Gasteiger partial charge in [-0.3, -0.25) is 28.8 Å². The van der Waals surface area contributed by atoms with Gasteiger partial charge in [-0.25, -0.2) is 4.39 Å². The summed E-state index contributed by atoms with van der Waals surface area (Å²) in [5.74, 6) is 7.75. The Morgan fingerprint density at radius 3 is 1.05 bits per heavy atom. The minimum atomic E-state index is -0.446. The van der Waals surface area contributed by atoms with Crippen molar-refractivity contribution in [1.82, 2.24) is 0 Å². The van der Waals surface area contributed by atoms with Crippen molar-refractivity contribution in [2.45, 2.75) is 62.3 Å². The van der Waals surface area contributed by atoms with Crippen LogP contribution < -0.4 is 120 Å². The van der Waals surface area contributed by atoms with E-state index in [0.29, 0.717) is 96.8 Å². The molecule has 0 fully saturated rings. The van der Waals surface area contributed by atoms with Gasteiger partial charge >= 0.3 is 0 Å². The summed E-state index contributed by atoms with van der Waals surface area (Å²) in [6.45, 7) is 15.9. The number of ketones is 6. The summed E-state index contributed by atoms with van der Waals surface area (Å²) in [4.78, 5) is 70.8. The van der Waals surface area contributed by atoms with Crippen LogP contribution in [0.3, 0.4) is 0 Å². The first-order valence-electron chi connectivity index (χ1n) is 41.1. The van der Waals surface area contributed by atoms with Crippen LogP contribution in [0.5, 0.6) is 69.0 Å². The highest BCUT2D eigenvalue weighted by atomic mass is 31.1. The molecule has 0 amide bonds. The van der Waals surface area contributed by atoms with Gasteiger partial charge in [0, 0.05) is 106 Å². The number of carbonyl (C=O) groups excluding carboxylic acids is 6. The molecule has 0 aromatic heterocycles. The SMILES string of the molecule is COCOc1c(OC)cc(OC)cc1Pc1ccc(F)cc1C(C)=O.COCOc1c(OC)cc(OC)cc1Pc1ccccc1C(C)=O.COCOc1c(OC)cccc1Pc1c(C)cccc1C(C)=O.COCOc1ccc(OC)cc1Pc1ccc(C)cc1C(C)=O.COc1c(C)cccc1Pc1ccccc1C(C)=O.COc1ccccc1Pc1ccccc1C(C)=O. The van der Waals surface area contributed by atoms with Crippen molar-refractivity contribution in [2.75, 3.05) is 112 Å². The molecule has 0 bridgehead atoms. The number of hydrogen-bond acceptors (Lipinski definition) is 22. The predicted octanol–water partition coefficient (Wildman–Crippen LogP) is 16.2. The summed E-state index contributed by atoms with van der Waals surface area (Å²) in [7, 11) is 20.8. The Morgan fingerprint density at radius 2 is 0.591 bits per heavy atom. The van der Waals surface area contributed by atoms with Gasteiger partial charge in [-0.2, -0.15) is 0 Å². The third-order valence-electron chi connectivity index (χ3n) is 19.3. The highest BCUT2D eigenvalue weighted by Gasteiger charge is 2.23. The number of halogens is 1. The predicted molar refractivity (Wildman–Crippen MR) is 539 cm³/mol. The summed E-state index contributed by atoms with van der Waals surface area (Å²) < 4.78 is 99.1. The monoisotopic (exact) mass is 1910 g/mol. The molecule has 6 unspecified atom stereocenters. The Morgan fingerprint density at radius 1 is 0.242 bits per heavy atom. The molecule has 0 spiro atoms. The lowest BCUT2D eigenvalue weighted by molar-refractivity contribution is 0.0498. The van der Waals surface area contributed by atoms with Crippen LogP contribution in [0.4, 0.5) is 4.39 Å². The molecule has 0 radical (unpaired) electrons. The fraction of sp³-hybridized carbons (Fsp3) is 0.243. The summed E-state index contributed by atoms with van der Waals surface area (Å²) in [5.41, 5.74) is 7.43. The van der Waals surface area contributed by atoms with E-state index in [-0.39, 0.29) is 79.0 Å². The number of benzene rings is 12. The van der Waals surface area contributed by atoms with E-state index in [1.807, 2.05) is 209 Å². The van der Waals surface area contributed by atoms with E-state index in [2.05, 4.69) is 6.07 Å². The third kappa shape index (κ3) is 32.2. The van der Waals surface area contributed by atoms with Crippen molar-refractivity contribution < 1.29 is 109 Å². The number of para-hydroxylation sites is 3. The first-order chi connectivity index (χ1) is 63.6. The van der Waals surface area contributed by atoms with Gasteiger partial charge in [0.25, 0.3) is 0 Å². The molecule has 0 aliphatic heterocycles. The van der Waals surface area contributed by atoms with E-state index in [0.717, 1.165) is 120 Å². The first-order valence-corrected chi connectivity index (χ1v) is 47.1. The van der Waals surface area contributed by atoms with Crippen molar-refractivity contribution in [3.8, 4) is 69.0 Å². The fourth-order valence-corrected chi connectivity index (χ4v) is 21.2. The third-order valence-corrected chi connectivity index (χ3v) is 27.7. The van der Waals surface area contributed by atoms with Gasteiger partial charge in [0.15, 0.2) is 96.4 Å². The minimum absolute atomic E-state index is 0.0346. The van der Waals surface area contributed by atoms with Crippen molar-refractivity contribution in [2.24, 2.45) is 0 Å². The van der Waals surface area contributed by atoms with E-state index in [1.165, 1.54) is 33.3 Å². The summed E-state index contributed by atoms with van der Waals surface area (Å²) >= 11 is 0. The summed E-state index contributed by atoms with van der Waals surface area (Å²) in [6.07, 6.45) is 0. The summed E-state index contributed by atoms with van der Waals surface area (Å²) in [6, 6.07) is 71.6. The Labute approximate surface area is 784 Å². The van der Waals surface area contributed by atoms with Crippen molar-refractivity contribution >= 4 is 150 Å². The molecule has 22 nitrogen and oxygen atoms in total. The van der Waals surface area contributed by atoms with Crippen molar-refractivity contribution in [3.05, 3.63) is 286 Å². The minimum Gasteiger partial charge on any atom is -0.497 e. The molecule has 0 N–H and O–H groups in total. The molecule has 132 heavy (non-hydrogen) atoms. The molecule has 29 heteroatoms. The van der Waals surface area contributed by atoms with Crippen LogP contribution in [0.25, 0.3) is 0 Å². The lowest BCUT2D eigenvalue weighted by Crippen LogP contribution is -2.17. The molecule has 0 aliphatic carbocycles. The van der Waals surface area contributed by atoms with Gasteiger partial charge in [0.05, 0.1) is 56.9 Å². The lowest BCUT2D eigenvalue weighted by Gasteiger charge is -2.17. The topological polar surface area (TPSA) is 250 Å². The maximum atomic E-state index is 13.5. The normalized spacial score (nSPS) is 10.9. The van der Waals surface area contributed by atoms with E-state index < -0.39 is 5.82 Å². The van der Waals surface area contributed by atoms with E-state index >= 15 is 0 Å². The number of rotatable bonds is 38. The van der Waals surface area contributed by atoms with Gasteiger partial charge in [-0.05, 0) is 166 Å². The molecule has 12 aromatic carbocycles. The molecule has 6 atom stereocenters. The molecular weight excluding hydrogens is 1790 g/mol. The van der Waals surface area contributed by atoms with Gasteiger partial charge in [-0.1, -0.05) is 215 Å². The Bertz CT molecular complexity index is 5860. The first kappa shape index (κ1) is 108. The van der Waals surface area contributed by atoms with Crippen molar-refractivity contribution in [3.63, 3.8) is 0 Å². The number of Topliss-reactive ketones (excluding diaryl/α,β-unsaturated/α-hetero) is 6. The van der Waals surface area contributed by atoms with Crippen LogP contribution in [-0.2, 0) is 18.9 Å². The zero-order chi connectivity index (χ0) is 96.3. The van der Waals surface area contributed by atoms with Gasteiger partial charge in [0.2, 0.25) is 0 Å². The van der Waals surface area contributed by atoms with Crippen LogP contribution in [0, 0.1) is 26.6 Å². The van der Waals surface area contributed by atoms with Crippen molar-refractivity contribution in [1.29, 1.82) is 0 Å². The molecule has 0 saturated heterocycles. The van der Waals surface area contributed by atoms with Gasteiger partial charge < -0.3 is 75.8 Å². The number of methoxy groups -OCH3 is 12. The maximum absolute atomic E-state index is 13.5. The molecule has 0 aliphatic rings. The Balaban J connectivity index is 0.000000217. The molecular formula is C103H115FO22P6. The quantitative estimate of drug-likeness (QED) is 0.0198. The Hall–Kier alpha value is -11.4. The van der Waals surface area contributed by atoms with E-state index in [9.17, 15) is 33.2 Å². The molecule has 0 heterocycles. The highest BCUT2D eigenvalue weighted by Crippen LogP contribution is 2.38. The van der Waals surface area contributed by atoms with Gasteiger partial charge in [0.1, 0.15) is 40.3 Å². The van der Waals surface area contributed by atoms with E-state index in [1.54, 1.807) is 130 Å². The second kappa shape index (κ2) is 56.5. The zero-order valence-electron chi connectivity index (χ0n) is 78.1. The number of ether oxygens (including phenoxy) is 16. The molecule has 12 rings (SSSR count). The second-order valence-corrected chi connectivity index (χ2v) is 36.6.